The summed E-state index contributed by atoms with van der Waals surface area (Å²) in [5, 5.41) is 2.95. The Morgan fingerprint density at radius 1 is 0.851 bits per heavy atom. The summed E-state index contributed by atoms with van der Waals surface area (Å²) in [6, 6.07) is 25.9. The van der Waals surface area contributed by atoms with Crippen LogP contribution in [0, 0.1) is 0 Å². The Hall–Kier alpha value is -4.16. The molecule has 0 spiro atoms. The van der Waals surface area contributed by atoms with E-state index in [0.29, 0.717) is 22.4 Å². The van der Waals surface area contributed by atoms with E-state index in [0.717, 1.165) is 22.2 Å². The quantitative estimate of drug-likeness (QED) is 0.158. The fourth-order valence-corrected chi connectivity index (χ4v) is 6.79. The van der Waals surface area contributed by atoms with Gasteiger partial charge in [-0.2, -0.15) is 13.2 Å². The second kappa shape index (κ2) is 15.6. The number of hydrogen-bond donors (Lipinski definition) is 1. The first-order chi connectivity index (χ1) is 22.3. The van der Waals surface area contributed by atoms with Crippen LogP contribution in [0.15, 0.2) is 119 Å². The number of carbonyl (C=O) groups is 2. The Morgan fingerprint density at radius 3 is 2.09 bits per heavy atom. The molecule has 12 heteroatoms. The fourth-order valence-electron chi connectivity index (χ4n) is 4.91. The van der Waals surface area contributed by atoms with E-state index in [1.54, 1.807) is 42.5 Å². The summed E-state index contributed by atoms with van der Waals surface area (Å²) in [6.45, 7) is 2.79. The number of carbonyl (C=O) groups excluding carboxylic acids is 2. The van der Waals surface area contributed by atoms with Gasteiger partial charge in [0.2, 0.25) is 11.8 Å². The Bertz CT molecular complexity index is 1770. The minimum atomic E-state index is -4.76. The maximum Gasteiger partial charge on any atom is 0.416 e. The van der Waals surface area contributed by atoms with E-state index in [4.69, 9.17) is 0 Å². The molecule has 0 saturated carbocycles. The standard InChI is InChI=1S/C35H35BrF3N3O4S/c1-3-25(2)40-34(44)32(21-26-12-6-4-7-13-26)41(23-27-14-10-16-29(36)20-27)33(43)24-42(47(45,46)31-18-8-5-9-19-31)30-17-11-15-28(22-30)35(37,38)39/h4-20,22,25,32H,3,21,23-24H2,1-2H3,(H,40,44). The van der Waals surface area contributed by atoms with E-state index in [1.807, 2.05) is 32.0 Å². The van der Waals surface area contributed by atoms with Gasteiger partial charge < -0.3 is 10.2 Å². The van der Waals surface area contributed by atoms with Crippen molar-refractivity contribution >= 4 is 43.5 Å². The van der Waals surface area contributed by atoms with Crippen LogP contribution in [0.1, 0.15) is 37.0 Å². The highest BCUT2D eigenvalue weighted by molar-refractivity contribution is 9.10. The minimum Gasteiger partial charge on any atom is -0.352 e. The van der Waals surface area contributed by atoms with Crippen molar-refractivity contribution in [3.63, 3.8) is 0 Å². The molecule has 0 heterocycles. The van der Waals surface area contributed by atoms with Crippen LogP contribution in [0.4, 0.5) is 18.9 Å². The zero-order chi connectivity index (χ0) is 34.2. The van der Waals surface area contributed by atoms with Crippen molar-refractivity contribution in [2.45, 2.75) is 56.4 Å². The van der Waals surface area contributed by atoms with Gasteiger partial charge in [-0.25, -0.2) is 8.42 Å². The molecular weight excluding hydrogens is 695 g/mol. The highest BCUT2D eigenvalue weighted by Gasteiger charge is 2.36. The molecule has 4 aromatic rings. The zero-order valence-electron chi connectivity index (χ0n) is 25.8. The number of rotatable bonds is 13. The molecule has 4 rings (SSSR count). The fraction of sp³-hybridized carbons (Fsp3) is 0.257. The summed E-state index contributed by atoms with van der Waals surface area (Å²) < 4.78 is 70.7. The summed E-state index contributed by atoms with van der Waals surface area (Å²) in [5.74, 6) is -1.22. The third-order valence-corrected chi connectivity index (χ3v) is 9.87. The summed E-state index contributed by atoms with van der Waals surface area (Å²) in [7, 11) is -4.54. The number of hydrogen-bond acceptors (Lipinski definition) is 4. The highest BCUT2D eigenvalue weighted by Crippen LogP contribution is 2.33. The molecule has 2 unspecified atom stereocenters. The van der Waals surface area contributed by atoms with Crippen molar-refractivity contribution in [3.8, 4) is 0 Å². The second-order valence-electron chi connectivity index (χ2n) is 11.0. The average Bonchev–Trinajstić information content (AvgIpc) is 3.05. The number of benzene rings is 4. The van der Waals surface area contributed by atoms with Crippen LogP contribution in [0.2, 0.25) is 0 Å². The van der Waals surface area contributed by atoms with Gasteiger partial charge in [-0.1, -0.05) is 89.6 Å². The molecule has 0 aromatic heterocycles. The van der Waals surface area contributed by atoms with Crippen LogP contribution in [0.3, 0.4) is 0 Å². The van der Waals surface area contributed by atoms with E-state index < -0.39 is 46.2 Å². The Labute approximate surface area is 281 Å². The molecule has 4 aromatic carbocycles. The number of amides is 2. The predicted octanol–water partition coefficient (Wildman–Crippen LogP) is 7.22. The SMILES string of the molecule is CCC(C)NC(=O)C(Cc1ccccc1)N(Cc1cccc(Br)c1)C(=O)CN(c1cccc(C(F)(F)F)c1)S(=O)(=O)c1ccccc1. The van der Waals surface area contributed by atoms with Crippen molar-refractivity contribution in [2.24, 2.45) is 0 Å². The van der Waals surface area contributed by atoms with Gasteiger partial charge in [-0.15, -0.1) is 0 Å². The van der Waals surface area contributed by atoms with Gasteiger partial charge in [-0.3, -0.25) is 13.9 Å². The van der Waals surface area contributed by atoms with Gasteiger partial charge in [0.25, 0.3) is 10.0 Å². The number of sulfonamides is 1. The van der Waals surface area contributed by atoms with Gasteiger partial charge in [0.05, 0.1) is 16.1 Å². The lowest BCUT2D eigenvalue weighted by molar-refractivity contribution is -0.140. The van der Waals surface area contributed by atoms with E-state index >= 15 is 0 Å². The maximum absolute atomic E-state index is 14.5. The van der Waals surface area contributed by atoms with Gasteiger partial charge >= 0.3 is 6.18 Å². The molecular formula is C35H35BrF3N3O4S. The van der Waals surface area contributed by atoms with E-state index in [9.17, 15) is 31.2 Å². The molecule has 7 nitrogen and oxygen atoms in total. The van der Waals surface area contributed by atoms with E-state index in [2.05, 4.69) is 21.2 Å². The first-order valence-corrected chi connectivity index (χ1v) is 17.2. The van der Waals surface area contributed by atoms with Crippen LogP contribution < -0.4 is 9.62 Å². The smallest absolute Gasteiger partial charge is 0.352 e. The Balaban J connectivity index is 1.84. The number of alkyl halides is 3. The molecule has 2 atom stereocenters. The monoisotopic (exact) mass is 729 g/mol. The molecule has 1 N–H and O–H groups in total. The zero-order valence-corrected chi connectivity index (χ0v) is 28.2. The minimum absolute atomic E-state index is 0.0779. The summed E-state index contributed by atoms with van der Waals surface area (Å²) in [5.41, 5.74) is -0.00571. The lowest BCUT2D eigenvalue weighted by atomic mass is 10.0. The Kier molecular flexibility index (Phi) is 11.9. The van der Waals surface area contributed by atoms with E-state index in [1.165, 1.54) is 35.2 Å². The molecule has 0 aliphatic carbocycles. The van der Waals surface area contributed by atoms with Crippen LogP contribution in [-0.4, -0.2) is 43.8 Å². The van der Waals surface area contributed by atoms with Crippen LogP contribution in [0.5, 0.6) is 0 Å². The van der Waals surface area contributed by atoms with Crippen molar-refractivity contribution in [1.82, 2.24) is 10.2 Å². The highest BCUT2D eigenvalue weighted by atomic mass is 79.9. The predicted molar refractivity (Wildman–Crippen MR) is 179 cm³/mol. The molecule has 248 valence electrons. The number of nitrogens with zero attached hydrogens (tertiary/aromatic N) is 2. The molecule has 0 saturated heterocycles. The number of nitrogens with one attached hydrogen (secondary N) is 1. The van der Waals surface area contributed by atoms with Gasteiger partial charge in [-0.05, 0) is 66.9 Å². The normalized spacial score (nSPS) is 13.0. The molecule has 0 bridgehead atoms. The number of anilines is 1. The first kappa shape index (κ1) is 35.7. The maximum atomic E-state index is 14.5. The number of halogens is 4. The molecule has 0 radical (unpaired) electrons. The Morgan fingerprint density at radius 2 is 1.47 bits per heavy atom. The molecule has 47 heavy (non-hydrogen) atoms. The summed E-state index contributed by atoms with van der Waals surface area (Å²) in [6.07, 6.45) is -4.02. The van der Waals surface area contributed by atoms with Gasteiger partial charge in [0.1, 0.15) is 12.6 Å². The lowest BCUT2D eigenvalue weighted by Gasteiger charge is -2.34. The van der Waals surface area contributed by atoms with Crippen molar-refractivity contribution in [2.75, 3.05) is 10.8 Å². The topological polar surface area (TPSA) is 86.8 Å². The molecule has 0 fully saturated rings. The largest absolute Gasteiger partial charge is 0.416 e. The summed E-state index contributed by atoms with van der Waals surface area (Å²) >= 11 is 3.43. The summed E-state index contributed by atoms with van der Waals surface area (Å²) in [4.78, 5) is 29.4. The molecule has 2 amide bonds. The first-order valence-electron chi connectivity index (χ1n) is 14.9. The third-order valence-electron chi connectivity index (χ3n) is 7.59. The van der Waals surface area contributed by atoms with Crippen LogP contribution in [-0.2, 0) is 38.8 Å². The third kappa shape index (κ3) is 9.45. The van der Waals surface area contributed by atoms with Crippen LogP contribution >= 0.6 is 15.9 Å². The van der Waals surface area contributed by atoms with Crippen LogP contribution in [0.25, 0.3) is 0 Å². The van der Waals surface area contributed by atoms with Gasteiger partial charge in [0.15, 0.2) is 0 Å². The second-order valence-corrected chi connectivity index (χ2v) is 13.8. The van der Waals surface area contributed by atoms with Crippen molar-refractivity contribution < 1.29 is 31.2 Å². The van der Waals surface area contributed by atoms with Gasteiger partial charge in [0, 0.05) is 23.5 Å². The molecule has 0 aliphatic rings. The van der Waals surface area contributed by atoms with E-state index in [-0.39, 0.29) is 29.6 Å². The van der Waals surface area contributed by atoms with Crippen molar-refractivity contribution in [1.29, 1.82) is 0 Å². The molecule has 0 aliphatic heterocycles. The lowest BCUT2D eigenvalue weighted by Crippen LogP contribution is -2.54. The average molecular weight is 731 g/mol. The van der Waals surface area contributed by atoms with Crippen molar-refractivity contribution in [3.05, 3.63) is 130 Å².